The lowest BCUT2D eigenvalue weighted by Gasteiger charge is -2.36. The summed E-state index contributed by atoms with van der Waals surface area (Å²) in [5.41, 5.74) is 0.823. The normalized spacial score (nSPS) is 18.9. The molecule has 0 aromatic heterocycles. The first-order chi connectivity index (χ1) is 10.0. The Morgan fingerprint density at radius 1 is 1.29 bits per heavy atom. The van der Waals surface area contributed by atoms with Crippen LogP contribution in [0.5, 0.6) is 0 Å². The van der Waals surface area contributed by atoms with E-state index in [-0.39, 0.29) is 11.1 Å². The van der Waals surface area contributed by atoms with Gasteiger partial charge in [0.2, 0.25) is 0 Å². The van der Waals surface area contributed by atoms with E-state index in [0.29, 0.717) is 5.02 Å². The van der Waals surface area contributed by atoms with Crippen LogP contribution in [0.3, 0.4) is 0 Å². The minimum Gasteiger partial charge on any atom is -0.317 e. The van der Waals surface area contributed by atoms with Gasteiger partial charge in [-0.05, 0) is 69.6 Å². The molecule has 1 aromatic carbocycles. The Labute approximate surface area is 136 Å². The predicted molar refractivity (Wildman–Crippen MR) is 87.7 cm³/mol. The smallest absolute Gasteiger partial charge is 0.142 e. The van der Waals surface area contributed by atoms with Crippen LogP contribution in [0.15, 0.2) is 12.1 Å². The lowest BCUT2D eigenvalue weighted by Crippen LogP contribution is -2.38. The van der Waals surface area contributed by atoms with Gasteiger partial charge >= 0.3 is 0 Å². The monoisotopic (exact) mass is 332 g/mol. The van der Waals surface area contributed by atoms with Crippen LogP contribution in [0, 0.1) is 11.7 Å². The molecule has 0 radical (unpaired) electrons. The van der Waals surface area contributed by atoms with Crippen molar-refractivity contribution >= 4 is 23.2 Å². The second-order valence-electron chi connectivity index (χ2n) is 5.75. The van der Waals surface area contributed by atoms with Gasteiger partial charge in [-0.3, -0.25) is 4.90 Å². The number of hydrogen-bond donors (Lipinski definition) is 1. The van der Waals surface area contributed by atoms with Crippen molar-refractivity contribution in [2.45, 2.75) is 32.7 Å². The third-order valence-corrected chi connectivity index (χ3v) is 4.99. The molecule has 1 N–H and O–H groups in total. The van der Waals surface area contributed by atoms with Crippen LogP contribution in [0.2, 0.25) is 10.0 Å². The van der Waals surface area contributed by atoms with E-state index >= 15 is 0 Å². The maximum Gasteiger partial charge on any atom is 0.142 e. The number of hydrogen-bond acceptors (Lipinski definition) is 2. The summed E-state index contributed by atoms with van der Waals surface area (Å²) in [4.78, 5) is 2.37. The third kappa shape index (κ3) is 4.32. The maximum absolute atomic E-state index is 13.7. The first-order valence-electron chi connectivity index (χ1n) is 7.62. The number of nitrogens with zero attached hydrogens (tertiary/aromatic N) is 1. The first kappa shape index (κ1) is 17.0. The van der Waals surface area contributed by atoms with E-state index in [1.54, 1.807) is 0 Å². The second kappa shape index (κ2) is 7.77. The van der Waals surface area contributed by atoms with E-state index < -0.39 is 5.82 Å². The quantitative estimate of drug-likeness (QED) is 0.797. The molecule has 118 valence electrons. The van der Waals surface area contributed by atoms with Crippen molar-refractivity contribution in [1.29, 1.82) is 0 Å². The van der Waals surface area contributed by atoms with E-state index in [2.05, 4.69) is 24.1 Å². The Morgan fingerprint density at radius 2 is 1.95 bits per heavy atom. The van der Waals surface area contributed by atoms with E-state index in [1.165, 1.54) is 25.0 Å². The van der Waals surface area contributed by atoms with E-state index in [9.17, 15) is 4.39 Å². The van der Waals surface area contributed by atoms with Crippen LogP contribution >= 0.6 is 23.2 Å². The number of benzene rings is 1. The van der Waals surface area contributed by atoms with E-state index in [1.807, 2.05) is 0 Å². The molecule has 1 aromatic rings. The standard InChI is InChI=1S/C16H23Cl2FN2/c1-3-20-10-12-4-6-21(7-5-12)11(2)13-8-16(19)15(18)9-14(13)17/h8-9,11-12,20H,3-7,10H2,1-2H3. The molecule has 1 saturated heterocycles. The van der Waals surface area contributed by atoms with Crippen LogP contribution in [0.25, 0.3) is 0 Å². The summed E-state index contributed by atoms with van der Waals surface area (Å²) in [6.07, 6.45) is 2.34. The Morgan fingerprint density at radius 3 is 2.57 bits per heavy atom. The molecule has 0 saturated carbocycles. The minimum atomic E-state index is -0.398. The van der Waals surface area contributed by atoms with Crippen LogP contribution in [0.4, 0.5) is 4.39 Å². The number of likely N-dealkylation sites (tertiary alicyclic amines) is 1. The lowest BCUT2D eigenvalue weighted by molar-refractivity contribution is 0.140. The van der Waals surface area contributed by atoms with Gasteiger partial charge in [0.1, 0.15) is 5.82 Å². The largest absolute Gasteiger partial charge is 0.317 e. The molecule has 1 unspecified atom stereocenters. The molecule has 0 aliphatic carbocycles. The zero-order valence-corrected chi connectivity index (χ0v) is 14.1. The first-order valence-corrected chi connectivity index (χ1v) is 8.37. The molecule has 5 heteroatoms. The Hall–Kier alpha value is -0.350. The molecule has 1 heterocycles. The van der Waals surface area contributed by atoms with Gasteiger partial charge < -0.3 is 5.32 Å². The highest BCUT2D eigenvalue weighted by Crippen LogP contribution is 2.33. The van der Waals surface area contributed by atoms with Gasteiger partial charge in [0.15, 0.2) is 0 Å². The number of rotatable bonds is 5. The average molecular weight is 333 g/mol. The summed E-state index contributed by atoms with van der Waals surface area (Å²) in [6, 6.07) is 3.09. The Balaban J connectivity index is 1.99. The SMILES string of the molecule is CCNCC1CCN(C(C)c2cc(F)c(Cl)cc2Cl)CC1. The molecular formula is C16H23Cl2FN2. The number of halogens is 3. The zero-order chi connectivity index (χ0) is 15.4. The van der Waals surface area contributed by atoms with Crippen molar-refractivity contribution in [2.75, 3.05) is 26.2 Å². The molecule has 1 aliphatic rings. The van der Waals surface area contributed by atoms with E-state index in [0.717, 1.165) is 37.7 Å². The average Bonchev–Trinajstić information content (AvgIpc) is 2.48. The summed E-state index contributed by atoms with van der Waals surface area (Å²) >= 11 is 12.0. The minimum absolute atomic E-state index is 0.0836. The molecule has 2 nitrogen and oxygen atoms in total. The molecule has 0 amide bonds. The van der Waals surface area contributed by atoms with Crippen LogP contribution in [-0.2, 0) is 0 Å². The highest BCUT2D eigenvalue weighted by Gasteiger charge is 2.25. The van der Waals surface area contributed by atoms with Crippen molar-refractivity contribution in [1.82, 2.24) is 10.2 Å². The Kier molecular flexibility index (Phi) is 6.30. The van der Waals surface area contributed by atoms with Gasteiger partial charge in [-0.2, -0.15) is 0 Å². The molecule has 21 heavy (non-hydrogen) atoms. The van der Waals surface area contributed by atoms with Gasteiger partial charge in [0.25, 0.3) is 0 Å². The third-order valence-electron chi connectivity index (χ3n) is 4.37. The Bertz CT molecular complexity index is 474. The predicted octanol–water partition coefficient (Wildman–Crippen LogP) is 4.52. The summed E-state index contributed by atoms with van der Waals surface area (Å²) in [6.45, 7) is 8.38. The van der Waals surface area contributed by atoms with Gasteiger partial charge in [0, 0.05) is 11.1 Å². The molecule has 0 bridgehead atoms. The fourth-order valence-electron chi connectivity index (χ4n) is 2.95. The number of nitrogens with one attached hydrogen (secondary N) is 1. The van der Waals surface area contributed by atoms with Crippen LogP contribution in [-0.4, -0.2) is 31.1 Å². The highest BCUT2D eigenvalue weighted by molar-refractivity contribution is 6.35. The molecule has 1 atom stereocenters. The molecule has 2 rings (SSSR count). The maximum atomic E-state index is 13.7. The van der Waals surface area contributed by atoms with Crippen molar-refractivity contribution in [3.05, 3.63) is 33.6 Å². The zero-order valence-electron chi connectivity index (χ0n) is 12.6. The number of piperidine rings is 1. The molecule has 1 aliphatic heterocycles. The van der Waals surface area contributed by atoms with Gasteiger partial charge in [-0.15, -0.1) is 0 Å². The molecule has 1 fully saturated rings. The summed E-state index contributed by atoms with van der Waals surface area (Å²) in [5.74, 6) is 0.343. The topological polar surface area (TPSA) is 15.3 Å². The van der Waals surface area contributed by atoms with Crippen LogP contribution in [0.1, 0.15) is 38.3 Å². The van der Waals surface area contributed by atoms with Crippen LogP contribution < -0.4 is 5.32 Å². The van der Waals surface area contributed by atoms with Crippen molar-refractivity contribution in [2.24, 2.45) is 5.92 Å². The summed E-state index contributed by atoms with van der Waals surface area (Å²) in [5, 5.41) is 4.04. The molecule has 0 spiro atoms. The van der Waals surface area contributed by atoms with Gasteiger partial charge in [-0.25, -0.2) is 4.39 Å². The van der Waals surface area contributed by atoms with Crippen molar-refractivity contribution in [3.8, 4) is 0 Å². The highest BCUT2D eigenvalue weighted by atomic mass is 35.5. The second-order valence-corrected chi connectivity index (χ2v) is 6.57. The van der Waals surface area contributed by atoms with Gasteiger partial charge in [0.05, 0.1) is 5.02 Å². The fraction of sp³-hybridized carbons (Fsp3) is 0.625. The summed E-state index contributed by atoms with van der Waals surface area (Å²) in [7, 11) is 0. The summed E-state index contributed by atoms with van der Waals surface area (Å²) < 4.78 is 13.7. The van der Waals surface area contributed by atoms with Gasteiger partial charge in [-0.1, -0.05) is 30.1 Å². The van der Waals surface area contributed by atoms with Crippen molar-refractivity contribution < 1.29 is 4.39 Å². The lowest BCUT2D eigenvalue weighted by atomic mass is 9.94. The van der Waals surface area contributed by atoms with Crippen molar-refractivity contribution in [3.63, 3.8) is 0 Å². The molecular weight excluding hydrogens is 310 g/mol. The fourth-order valence-corrected chi connectivity index (χ4v) is 3.49. The van der Waals surface area contributed by atoms with E-state index in [4.69, 9.17) is 23.2 Å².